The second-order valence-electron chi connectivity index (χ2n) is 3.54. The largest absolute Gasteiger partial charge is 0.471 e. The summed E-state index contributed by atoms with van der Waals surface area (Å²) in [5.41, 5.74) is 0.574. The van der Waals surface area contributed by atoms with Crippen LogP contribution in [0, 0.1) is 0 Å². The SMILES string of the molecule is O=C(Nc1cc(-c2ccc(Cl)cc2)on1)C(F)(F)F. The molecule has 0 saturated heterocycles. The van der Waals surface area contributed by atoms with Crippen LogP contribution in [0.2, 0.25) is 5.02 Å². The van der Waals surface area contributed by atoms with E-state index in [9.17, 15) is 18.0 Å². The Kier molecular flexibility index (Phi) is 3.48. The summed E-state index contributed by atoms with van der Waals surface area (Å²) in [6, 6.07) is 7.59. The molecule has 1 aromatic heterocycles. The monoisotopic (exact) mass is 290 g/mol. The topological polar surface area (TPSA) is 55.1 Å². The zero-order chi connectivity index (χ0) is 14.0. The number of alkyl halides is 3. The molecule has 0 aliphatic carbocycles. The van der Waals surface area contributed by atoms with Crippen molar-refractivity contribution < 1.29 is 22.5 Å². The minimum Gasteiger partial charge on any atom is -0.354 e. The summed E-state index contributed by atoms with van der Waals surface area (Å²) in [7, 11) is 0. The first-order valence-electron chi connectivity index (χ1n) is 4.97. The van der Waals surface area contributed by atoms with Crippen molar-refractivity contribution in [2.24, 2.45) is 0 Å². The highest BCUT2D eigenvalue weighted by atomic mass is 35.5. The Labute approximate surface area is 110 Å². The number of aromatic nitrogens is 1. The molecule has 0 spiro atoms. The van der Waals surface area contributed by atoms with E-state index in [2.05, 4.69) is 5.16 Å². The standard InChI is InChI=1S/C11H6ClF3N2O2/c12-7-3-1-6(2-4-7)8-5-9(17-19-8)16-10(18)11(13,14)15/h1-5H,(H,16,17,18). The van der Waals surface area contributed by atoms with Gasteiger partial charge < -0.3 is 4.52 Å². The van der Waals surface area contributed by atoms with Gasteiger partial charge in [0.05, 0.1) is 0 Å². The third-order valence-corrected chi connectivity index (χ3v) is 2.39. The van der Waals surface area contributed by atoms with Gasteiger partial charge in [-0.15, -0.1) is 0 Å². The van der Waals surface area contributed by atoms with Crippen molar-refractivity contribution in [1.29, 1.82) is 0 Å². The number of hydrogen-bond acceptors (Lipinski definition) is 3. The summed E-state index contributed by atoms with van der Waals surface area (Å²) in [4.78, 5) is 10.7. The number of anilines is 1. The van der Waals surface area contributed by atoms with Crippen LogP contribution in [0.4, 0.5) is 19.0 Å². The van der Waals surface area contributed by atoms with E-state index >= 15 is 0 Å². The fourth-order valence-corrected chi connectivity index (χ4v) is 1.40. The molecule has 0 atom stereocenters. The normalized spacial score (nSPS) is 11.4. The van der Waals surface area contributed by atoms with Crippen molar-refractivity contribution >= 4 is 23.3 Å². The van der Waals surface area contributed by atoms with E-state index in [1.54, 1.807) is 29.6 Å². The molecular formula is C11H6ClF3N2O2. The molecule has 1 amide bonds. The predicted octanol–water partition coefficient (Wildman–Crippen LogP) is 3.50. The second kappa shape index (κ2) is 4.93. The molecule has 4 nitrogen and oxygen atoms in total. The molecule has 0 fully saturated rings. The van der Waals surface area contributed by atoms with Crippen LogP contribution in [-0.4, -0.2) is 17.2 Å². The zero-order valence-electron chi connectivity index (χ0n) is 9.16. The summed E-state index contributed by atoms with van der Waals surface area (Å²) in [6.07, 6.45) is -4.97. The van der Waals surface area contributed by atoms with Crippen LogP contribution in [0.25, 0.3) is 11.3 Å². The first-order valence-corrected chi connectivity index (χ1v) is 5.35. The lowest BCUT2D eigenvalue weighted by atomic mass is 10.2. The van der Waals surface area contributed by atoms with Crippen LogP contribution in [0.15, 0.2) is 34.9 Å². The van der Waals surface area contributed by atoms with Crippen molar-refractivity contribution in [3.63, 3.8) is 0 Å². The van der Waals surface area contributed by atoms with E-state index in [0.717, 1.165) is 0 Å². The predicted molar refractivity (Wildman–Crippen MR) is 61.6 cm³/mol. The van der Waals surface area contributed by atoms with Crippen molar-refractivity contribution in [3.05, 3.63) is 35.4 Å². The summed E-state index contributed by atoms with van der Waals surface area (Å²) < 4.78 is 40.9. The van der Waals surface area contributed by atoms with Crippen LogP contribution in [0.1, 0.15) is 0 Å². The first kappa shape index (κ1) is 13.4. The van der Waals surface area contributed by atoms with Gasteiger partial charge in [-0.05, 0) is 24.3 Å². The lowest BCUT2D eigenvalue weighted by Gasteiger charge is -2.03. The number of rotatable bonds is 2. The summed E-state index contributed by atoms with van der Waals surface area (Å²) >= 11 is 5.70. The lowest BCUT2D eigenvalue weighted by Crippen LogP contribution is -2.29. The highest BCUT2D eigenvalue weighted by Crippen LogP contribution is 2.25. The van der Waals surface area contributed by atoms with E-state index in [-0.39, 0.29) is 11.6 Å². The number of hydrogen-bond donors (Lipinski definition) is 1. The second-order valence-corrected chi connectivity index (χ2v) is 3.97. The van der Waals surface area contributed by atoms with Gasteiger partial charge in [0.1, 0.15) is 0 Å². The Morgan fingerprint density at radius 1 is 1.26 bits per heavy atom. The molecular weight excluding hydrogens is 285 g/mol. The van der Waals surface area contributed by atoms with Gasteiger partial charge in [-0.2, -0.15) is 13.2 Å². The third kappa shape index (κ3) is 3.25. The average Bonchev–Trinajstić information content (AvgIpc) is 2.77. The van der Waals surface area contributed by atoms with Crippen LogP contribution >= 0.6 is 11.6 Å². The molecule has 2 rings (SSSR count). The Morgan fingerprint density at radius 3 is 2.47 bits per heavy atom. The van der Waals surface area contributed by atoms with E-state index in [0.29, 0.717) is 10.6 Å². The Morgan fingerprint density at radius 2 is 1.89 bits per heavy atom. The minimum absolute atomic E-state index is 0.217. The fourth-order valence-electron chi connectivity index (χ4n) is 1.27. The van der Waals surface area contributed by atoms with Crippen molar-refractivity contribution in [3.8, 4) is 11.3 Å². The Bertz CT molecular complexity index is 593. The highest BCUT2D eigenvalue weighted by molar-refractivity contribution is 6.30. The maximum absolute atomic E-state index is 12.0. The van der Waals surface area contributed by atoms with Crippen molar-refractivity contribution in [2.75, 3.05) is 5.32 Å². The maximum atomic E-state index is 12.0. The molecule has 100 valence electrons. The van der Waals surface area contributed by atoms with Crippen molar-refractivity contribution in [1.82, 2.24) is 5.16 Å². The van der Waals surface area contributed by atoms with E-state index in [1.807, 2.05) is 0 Å². The lowest BCUT2D eigenvalue weighted by molar-refractivity contribution is -0.167. The van der Waals surface area contributed by atoms with E-state index < -0.39 is 12.1 Å². The number of benzene rings is 1. The van der Waals surface area contributed by atoms with Gasteiger partial charge >= 0.3 is 12.1 Å². The average molecular weight is 291 g/mol. The van der Waals surface area contributed by atoms with Gasteiger partial charge in [0.15, 0.2) is 11.6 Å². The molecule has 0 aliphatic heterocycles. The number of carbonyl (C=O) groups is 1. The van der Waals surface area contributed by atoms with Crippen LogP contribution in [0.3, 0.4) is 0 Å². The van der Waals surface area contributed by atoms with Crippen LogP contribution < -0.4 is 5.32 Å². The molecule has 8 heteroatoms. The molecule has 1 N–H and O–H groups in total. The first-order chi connectivity index (χ1) is 8.86. The maximum Gasteiger partial charge on any atom is 0.471 e. The molecule has 2 aromatic rings. The molecule has 0 unspecified atom stereocenters. The van der Waals surface area contributed by atoms with E-state index in [4.69, 9.17) is 16.1 Å². The summed E-state index contributed by atoms with van der Waals surface area (Å²) in [5.74, 6) is -2.20. The van der Waals surface area contributed by atoms with Gasteiger partial charge in [-0.25, -0.2) is 0 Å². The Hall–Kier alpha value is -2.02. The molecule has 0 saturated carbocycles. The molecule has 19 heavy (non-hydrogen) atoms. The third-order valence-electron chi connectivity index (χ3n) is 2.14. The fraction of sp³-hybridized carbons (Fsp3) is 0.0909. The quantitative estimate of drug-likeness (QED) is 0.921. The van der Waals surface area contributed by atoms with Crippen molar-refractivity contribution in [2.45, 2.75) is 6.18 Å². The van der Waals surface area contributed by atoms with Gasteiger partial charge in [0, 0.05) is 16.7 Å². The van der Waals surface area contributed by atoms with Gasteiger partial charge in [-0.1, -0.05) is 16.8 Å². The summed E-state index contributed by atoms with van der Waals surface area (Å²) in [5, 5.41) is 5.43. The summed E-state index contributed by atoms with van der Waals surface area (Å²) in [6.45, 7) is 0. The molecule has 0 bridgehead atoms. The Balaban J connectivity index is 2.16. The van der Waals surface area contributed by atoms with Crippen LogP contribution in [-0.2, 0) is 4.79 Å². The van der Waals surface area contributed by atoms with Gasteiger partial charge in [0.2, 0.25) is 0 Å². The number of nitrogens with zero attached hydrogens (tertiary/aromatic N) is 1. The van der Waals surface area contributed by atoms with Gasteiger partial charge in [-0.3, -0.25) is 10.1 Å². The number of amides is 1. The van der Waals surface area contributed by atoms with Crippen LogP contribution in [0.5, 0.6) is 0 Å². The highest BCUT2D eigenvalue weighted by Gasteiger charge is 2.39. The smallest absolute Gasteiger partial charge is 0.354 e. The zero-order valence-corrected chi connectivity index (χ0v) is 9.92. The van der Waals surface area contributed by atoms with E-state index in [1.165, 1.54) is 6.07 Å². The number of halogens is 4. The molecule has 1 heterocycles. The molecule has 0 aliphatic rings. The van der Waals surface area contributed by atoms with Gasteiger partial charge in [0.25, 0.3) is 0 Å². The minimum atomic E-state index is -4.97. The molecule has 1 aromatic carbocycles. The number of nitrogens with one attached hydrogen (secondary N) is 1. The molecule has 0 radical (unpaired) electrons. The number of carbonyl (C=O) groups excluding carboxylic acids is 1.